The number of amides is 1. The van der Waals surface area contributed by atoms with Crippen molar-refractivity contribution in [2.45, 2.75) is 19.8 Å². The highest BCUT2D eigenvalue weighted by Crippen LogP contribution is 2.24. The summed E-state index contributed by atoms with van der Waals surface area (Å²) in [6.45, 7) is 2.44. The third-order valence-electron chi connectivity index (χ3n) is 4.01. The fourth-order valence-electron chi connectivity index (χ4n) is 2.74. The second-order valence-corrected chi connectivity index (χ2v) is 6.37. The highest BCUT2D eigenvalue weighted by atomic mass is 35.5. The lowest BCUT2D eigenvalue weighted by molar-refractivity contribution is -0.116. The van der Waals surface area contributed by atoms with Crippen molar-refractivity contribution in [2.75, 3.05) is 11.9 Å². The second-order valence-electron chi connectivity index (χ2n) is 5.94. The fourth-order valence-corrected chi connectivity index (χ4v) is 2.96. The average Bonchev–Trinajstić information content (AvgIpc) is 2.60. The van der Waals surface area contributed by atoms with Gasteiger partial charge < -0.3 is 10.1 Å². The van der Waals surface area contributed by atoms with Gasteiger partial charge in [0.05, 0.1) is 6.61 Å². The van der Waals surface area contributed by atoms with Gasteiger partial charge in [0.1, 0.15) is 5.75 Å². The van der Waals surface area contributed by atoms with Crippen LogP contribution in [-0.4, -0.2) is 12.5 Å². The van der Waals surface area contributed by atoms with Crippen LogP contribution < -0.4 is 10.1 Å². The van der Waals surface area contributed by atoms with E-state index in [1.54, 1.807) is 6.07 Å². The average molecular weight is 354 g/mol. The number of halogens is 1. The Hall–Kier alpha value is -2.52. The molecule has 0 aromatic heterocycles. The molecule has 0 aliphatic rings. The molecule has 3 aromatic carbocycles. The minimum atomic E-state index is -0.00668. The number of ether oxygens (including phenoxy) is 1. The van der Waals surface area contributed by atoms with E-state index in [1.807, 2.05) is 61.5 Å². The van der Waals surface area contributed by atoms with Crippen LogP contribution in [0.25, 0.3) is 10.8 Å². The maximum absolute atomic E-state index is 12.2. The molecule has 25 heavy (non-hydrogen) atoms. The summed E-state index contributed by atoms with van der Waals surface area (Å²) in [7, 11) is 0. The van der Waals surface area contributed by atoms with Crippen molar-refractivity contribution in [3.8, 4) is 5.75 Å². The third-order valence-corrected chi connectivity index (χ3v) is 4.24. The quantitative estimate of drug-likeness (QED) is 0.586. The lowest BCUT2D eigenvalue weighted by Gasteiger charge is -2.10. The van der Waals surface area contributed by atoms with Gasteiger partial charge in [-0.2, -0.15) is 0 Å². The monoisotopic (exact) mass is 353 g/mol. The van der Waals surface area contributed by atoms with Crippen LogP contribution in [0.3, 0.4) is 0 Å². The maximum atomic E-state index is 12.2. The van der Waals surface area contributed by atoms with Gasteiger partial charge in [-0.25, -0.2) is 0 Å². The van der Waals surface area contributed by atoms with Gasteiger partial charge in [0.25, 0.3) is 0 Å². The predicted molar refractivity (Wildman–Crippen MR) is 103 cm³/mol. The molecule has 0 fully saturated rings. The minimum Gasteiger partial charge on any atom is -0.493 e. The first-order valence-corrected chi connectivity index (χ1v) is 8.68. The van der Waals surface area contributed by atoms with Gasteiger partial charge in [0, 0.05) is 22.5 Å². The number of carbonyl (C=O) groups is 1. The summed E-state index contributed by atoms with van der Waals surface area (Å²) in [5.41, 5.74) is 1.84. The second kappa shape index (κ2) is 8.04. The van der Waals surface area contributed by atoms with E-state index in [0.29, 0.717) is 24.5 Å². The van der Waals surface area contributed by atoms with E-state index < -0.39 is 0 Å². The highest BCUT2D eigenvalue weighted by Gasteiger charge is 2.06. The van der Waals surface area contributed by atoms with Crippen LogP contribution in [0, 0.1) is 6.92 Å². The zero-order valence-corrected chi connectivity index (χ0v) is 14.8. The normalized spacial score (nSPS) is 10.6. The highest BCUT2D eigenvalue weighted by molar-refractivity contribution is 6.30. The Morgan fingerprint density at radius 1 is 1.08 bits per heavy atom. The van der Waals surface area contributed by atoms with Crippen molar-refractivity contribution in [1.82, 2.24) is 0 Å². The molecule has 0 unspecified atom stereocenters. The molecule has 0 bridgehead atoms. The summed E-state index contributed by atoms with van der Waals surface area (Å²) in [6.07, 6.45) is 1.06. The first kappa shape index (κ1) is 17.3. The van der Waals surface area contributed by atoms with E-state index in [1.165, 1.54) is 0 Å². The van der Waals surface area contributed by atoms with Crippen LogP contribution in [0.4, 0.5) is 5.69 Å². The molecule has 3 aromatic rings. The van der Waals surface area contributed by atoms with Crippen LogP contribution >= 0.6 is 11.6 Å². The molecule has 3 nitrogen and oxygen atoms in total. The van der Waals surface area contributed by atoms with Gasteiger partial charge in [0.2, 0.25) is 5.91 Å². The van der Waals surface area contributed by atoms with E-state index in [0.717, 1.165) is 27.8 Å². The summed E-state index contributed by atoms with van der Waals surface area (Å²) < 4.78 is 5.72. The molecule has 0 aliphatic carbocycles. The number of carbonyl (C=O) groups excluding carboxylic acids is 1. The maximum Gasteiger partial charge on any atom is 0.224 e. The molecule has 0 saturated heterocycles. The number of hydrogen-bond donors (Lipinski definition) is 1. The molecule has 0 radical (unpaired) electrons. The third kappa shape index (κ3) is 4.52. The molecular formula is C21H20ClNO2. The van der Waals surface area contributed by atoms with Gasteiger partial charge in [0.15, 0.2) is 0 Å². The molecule has 0 aliphatic heterocycles. The fraction of sp³-hybridized carbons (Fsp3) is 0.190. The number of rotatable bonds is 6. The molecule has 0 saturated carbocycles. The van der Waals surface area contributed by atoms with Crippen LogP contribution in [-0.2, 0) is 4.79 Å². The number of nitrogens with one attached hydrogen (secondary N) is 1. The SMILES string of the molecule is Cc1cc(Cl)ccc1OCCCC(=O)Nc1cccc2ccccc12. The first-order valence-electron chi connectivity index (χ1n) is 8.30. The predicted octanol–water partition coefficient (Wildman–Crippen LogP) is 5.60. The zero-order chi connectivity index (χ0) is 17.6. The lowest BCUT2D eigenvalue weighted by Crippen LogP contribution is -2.13. The van der Waals surface area contributed by atoms with E-state index in [-0.39, 0.29) is 5.91 Å². The summed E-state index contributed by atoms with van der Waals surface area (Å²) in [5.74, 6) is 0.798. The van der Waals surface area contributed by atoms with Gasteiger partial charge >= 0.3 is 0 Å². The van der Waals surface area contributed by atoms with Crippen molar-refractivity contribution < 1.29 is 9.53 Å². The number of aryl methyl sites for hydroxylation is 1. The zero-order valence-electron chi connectivity index (χ0n) is 14.1. The molecule has 1 N–H and O–H groups in total. The molecule has 3 rings (SSSR count). The summed E-state index contributed by atoms with van der Waals surface area (Å²) in [4.78, 5) is 12.2. The van der Waals surface area contributed by atoms with Crippen molar-refractivity contribution >= 4 is 34.0 Å². The van der Waals surface area contributed by atoms with E-state index in [4.69, 9.17) is 16.3 Å². The van der Waals surface area contributed by atoms with Gasteiger partial charge in [-0.3, -0.25) is 4.79 Å². The van der Waals surface area contributed by atoms with Crippen LogP contribution in [0.1, 0.15) is 18.4 Å². The Bertz CT molecular complexity index is 887. The van der Waals surface area contributed by atoms with E-state index in [9.17, 15) is 4.79 Å². The Kier molecular flexibility index (Phi) is 5.56. The number of hydrogen-bond acceptors (Lipinski definition) is 2. The first-order chi connectivity index (χ1) is 12.1. The Balaban J connectivity index is 1.51. The molecule has 0 atom stereocenters. The van der Waals surface area contributed by atoms with E-state index in [2.05, 4.69) is 5.32 Å². The Labute approximate surface area is 152 Å². The topological polar surface area (TPSA) is 38.3 Å². The summed E-state index contributed by atoms with van der Waals surface area (Å²) >= 11 is 5.93. The van der Waals surface area contributed by atoms with Crippen molar-refractivity contribution in [1.29, 1.82) is 0 Å². The van der Waals surface area contributed by atoms with Crippen LogP contribution in [0.5, 0.6) is 5.75 Å². The number of fused-ring (bicyclic) bond motifs is 1. The molecule has 1 amide bonds. The summed E-state index contributed by atoms with van der Waals surface area (Å²) in [6, 6.07) is 19.4. The van der Waals surface area contributed by atoms with Gasteiger partial charge in [-0.1, -0.05) is 48.0 Å². The Morgan fingerprint density at radius 2 is 1.88 bits per heavy atom. The van der Waals surface area contributed by atoms with Crippen molar-refractivity contribution in [3.63, 3.8) is 0 Å². The molecular weight excluding hydrogens is 334 g/mol. The molecule has 128 valence electrons. The van der Waals surface area contributed by atoms with Crippen LogP contribution in [0.2, 0.25) is 5.02 Å². The Morgan fingerprint density at radius 3 is 2.72 bits per heavy atom. The largest absolute Gasteiger partial charge is 0.493 e. The van der Waals surface area contributed by atoms with Gasteiger partial charge in [-0.15, -0.1) is 0 Å². The van der Waals surface area contributed by atoms with Crippen molar-refractivity contribution in [3.05, 3.63) is 71.2 Å². The number of benzene rings is 3. The molecule has 0 spiro atoms. The smallest absolute Gasteiger partial charge is 0.224 e. The summed E-state index contributed by atoms with van der Waals surface area (Å²) in [5, 5.41) is 5.84. The van der Waals surface area contributed by atoms with Gasteiger partial charge in [-0.05, 0) is 48.6 Å². The van der Waals surface area contributed by atoms with Crippen LogP contribution in [0.15, 0.2) is 60.7 Å². The minimum absolute atomic E-state index is 0.00668. The van der Waals surface area contributed by atoms with Crippen molar-refractivity contribution in [2.24, 2.45) is 0 Å². The standard InChI is InChI=1S/C21H20ClNO2/c1-15-14-17(22)11-12-20(15)25-13-5-10-21(24)23-19-9-4-7-16-6-2-3-8-18(16)19/h2-4,6-9,11-12,14H,5,10,13H2,1H3,(H,23,24). The number of anilines is 1. The molecule has 4 heteroatoms. The van der Waals surface area contributed by atoms with E-state index >= 15 is 0 Å². The molecule has 0 heterocycles. The lowest BCUT2D eigenvalue weighted by atomic mass is 10.1.